The van der Waals surface area contributed by atoms with Crippen LogP contribution in [0.2, 0.25) is 0 Å². The lowest BCUT2D eigenvalue weighted by Crippen LogP contribution is -2.32. The Hall–Kier alpha value is -0.380. The van der Waals surface area contributed by atoms with Gasteiger partial charge in [0.25, 0.3) is 0 Å². The second kappa shape index (κ2) is 5.10. The predicted octanol–water partition coefficient (Wildman–Crippen LogP) is 2.56. The summed E-state index contributed by atoms with van der Waals surface area (Å²) in [5, 5.41) is 14.8. The molecule has 1 aliphatic carbocycles. The molecule has 15 heavy (non-hydrogen) atoms. The molecule has 2 atom stereocenters. The number of thiophene rings is 1. The highest BCUT2D eigenvalue weighted by Crippen LogP contribution is 2.34. The van der Waals surface area contributed by atoms with Crippen molar-refractivity contribution in [2.75, 3.05) is 6.61 Å². The molecule has 1 saturated carbocycles. The molecule has 0 radical (unpaired) electrons. The summed E-state index contributed by atoms with van der Waals surface area (Å²) in [5.41, 5.74) is 0. The Balaban J connectivity index is 1.93. The van der Waals surface area contributed by atoms with Crippen LogP contribution in [0.3, 0.4) is 0 Å². The van der Waals surface area contributed by atoms with Crippen molar-refractivity contribution in [3.05, 3.63) is 22.4 Å². The van der Waals surface area contributed by atoms with E-state index in [2.05, 4.69) is 29.8 Å². The zero-order valence-corrected chi connectivity index (χ0v) is 9.96. The zero-order valence-electron chi connectivity index (χ0n) is 9.15. The summed E-state index contributed by atoms with van der Waals surface area (Å²) in [6.45, 7) is 2.52. The molecule has 1 aromatic heterocycles. The zero-order chi connectivity index (χ0) is 10.7. The first-order chi connectivity index (χ1) is 7.31. The fraction of sp³-hybridized carbons (Fsp3) is 0.667. The van der Waals surface area contributed by atoms with E-state index in [1.807, 2.05) is 0 Å². The third-order valence-electron chi connectivity index (χ3n) is 3.10. The quantitative estimate of drug-likeness (QED) is 0.780. The minimum absolute atomic E-state index is 0.257. The smallest absolute Gasteiger partial charge is 0.0449 e. The molecule has 3 heteroatoms. The molecule has 84 valence electrons. The molecule has 1 aliphatic rings. The highest BCUT2D eigenvalue weighted by molar-refractivity contribution is 7.10. The molecule has 2 N–H and O–H groups in total. The van der Waals surface area contributed by atoms with E-state index in [0.717, 1.165) is 12.3 Å². The van der Waals surface area contributed by atoms with Crippen molar-refractivity contribution >= 4 is 11.3 Å². The van der Waals surface area contributed by atoms with Crippen LogP contribution in [0.15, 0.2) is 17.5 Å². The van der Waals surface area contributed by atoms with Crippen molar-refractivity contribution in [2.45, 2.75) is 38.3 Å². The Kier molecular flexibility index (Phi) is 3.78. The van der Waals surface area contributed by atoms with Crippen LogP contribution in [0.4, 0.5) is 0 Å². The first-order valence-electron chi connectivity index (χ1n) is 5.71. The monoisotopic (exact) mass is 225 g/mol. The highest BCUT2D eigenvalue weighted by Gasteiger charge is 2.29. The van der Waals surface area contributed by atoms with Crippen LogP contribution in [-0.4, -0.2) is 17.8 Å². The molecule has 1 aromatic rings. The molecule has 0 amide bonds. The molecule has 1 fully saturated rings. The summed E-state index contributed by atoms with van der Waals surface area (Å²) < 4.78 is 0. The van der Waals surface area contributed by atoms with Crippen LogP contribution in [0.5, 0.6) is 0 Å². The maximum Gasteiger partial charge on any atom is 0.0449 e. The summed E-state index contributed by atoms with van der Waals surface area (Å²) in [4.78, 5) is 1.34. The van der Waals surface area contributed by atoms with E-state index in [-0.39, 0.29) is 6.61 Å². The molecule has 0 bridgehead atoms. The Morgan fingerprint density at radius 3 is 2.93 bits per heavy atom. The first kappa shape index (κ1) is 11.1. The van der Waals surface area contributed by atoms with Crippen LogP contribution < -0.4 is 5.32 Å². The lowest BCUT2D eigenvalue weighted by Gasteiger charge is -2.21. The van der Waals surface area contributed by atoms with Crippen LogP contribution >= 0.6 is 11.3 Å². The van der Waals surface area contributed by atoms with Gasteiger partial charge < -0.3 is 10.4 Å². The van der Waals surface area contributed by atoms with Gasteiger partial charge in [-0.15, -0.1) is 11.3 Å². The van der Waals surface area contributed by atoms with Gasteiger partial charge >= 0.3 is 0 Å². The van der Waals surface area contributed by atoms with Crippen molar-refractivity contribution in [1.82, 2.24) is 5.32 Å². The molecule has 1 heterocycles. The van der Waals surface area contributed by atoms with E-state index in [9.17, 15) is 0 Å². The second-order valence-corrected chi connectivity index (χ2v) is 5.35. The maximum atomic E-state index is 9.07. The van der Waals surface area contributed by atoms with Crippen molar-refractivity contribution in [3.8, 4) is 0 Å². The van der Waals surface area contributed by atoms with Gasteiger partial charge in [-0.05, 0) is 43.6 Å². The van der Waals surface area contributed by atoms with Crippen LogP contribution in [0.1, 0.15) is 37.1 Å². The normalized spacial score (nSPS) is 20.1. The number of hydrogen-bond acceptors (Lipinski definition) is 3. The van der Waals surface area contributed by atoms with Gasteiger partial charge in [0.15, 0.2) is 0 Å². The standard InChI is InChI=1S/C12H19NOS/c1-9(10-4-5-10)13-11(6-7-14)12-3-2-8-15-12/h2-3,8-11,13-14H,4-7H2,1H3. The van der Waals surface area contributed by atoms with Crippen molar-refractivity contribution in [2.24, 2.45) is 5.92 Å². The number of hydrogen-bond donors (Lipinski definition) is 2. The van der Waals surface area contributed by atoms with E-state index < -0.39 is 0 Å². The predicted molar refractivity (Wildman–Crippen MR) is 64.1 cm³/mol. The van der Waals surface area contributed by atoms with Gasteiger partial charge in [-0.1, -0.05) is 6.07 Å². The highest BCUT2D eigenvalue weighted by atomic mass is 32.1. The van der Waals surface area contributed by atoms with Gasteiger partial charge in [0, 0.05) is 23.6 Å². The molecule has 0 saturated heterocycles. The minimum Gasteiger partial charge on any atom is -0.396 e. The van der Waals surface area contributed by atoms with Crippen LogP contribution in [-0.2, 0) is 0 Å². The maximum absolute atomic E-state index is 9.07. The van der Waals surface area contributed by atoms with E-state index in [1.54, 1.807) is 11.3 Å². The number of nitrogens with one attached hydrogen (secondary N) is 1. The molecule has 0 aromatic carbocycles. The van der Waals surface area contributed by atoms with Gasteiger partial charge in [0.05, 0.1) is 0 Å². The third-order valence-corrected chi connectivity index (χ3v) is 4.08. The lowest BCUT2D eigenvalue weighted by atomic mass is 10.1. The molecule has 0 aliphatic heterocycles. The van der Waals surface area contributed by atoms with Gasteiger partial charge in [0.2, 0.25) is 0 Å². The molecular weight excluding hydrogens is 206 g/mol. The van der Waals surface area contributed by atoms with Gasteiger partial charge in [-0.3, -0.25) is 0 Å². The Labute approximate surface area is 95.3 Å². The number of rotatable bonds is 6. The summed E-state index contributed by atoms with van der Waals surface area (Å²) in [7, 11) is 0. The average molecular weight is 225 g/mol. The first-order valence-corrected chi connectivity index (χ1v) is 6.59. The topological polar surface area (TPSA) is 32.3 Å². The Bertz CT molecular complexity index is 282. The largest absolute Gasteiger partial charge is 0.396 e. The second-order valence-electron chi connectivity index (χ2n) is 4.37. The molecular formula is C12H19NOS. The molecule has 0 spiro atoms. The molecule has 2 nitrogen and oxygen atoms in total. The molecule has 2 rings (SSSR count). The average Bonchev–Trinajstić information content (AvgIpc) is 2.94. The third kappa shape index (κ3) is 3.03. The van der Waals surface area contributed by atoms with E-state index in [4.69, 9.17) is 5.11 Å². The SMILES string of the molecule is CC(NC(CCO)c1cccs1)C1CC1. The number of aliphatic hydroxyl groups is 1. The van der Waals surface area contributed by atoms with Crippen molar-refractivity contribution < 1.29 is 5.11 Å². The minimum atomic E-state index is 0.257. The Morgan fingerprint density at radius 2 is 2.40 bits per heavy atom. The Morgan fingerprint density at radius 1 is 1.60 bits per heavy atom. The summed E-state index contributed by atoms with van der Waals surface area (Å²) >= 11 is 1.77. The summed E-state index contributed by atoms with van der Waals surface area (Å²) in [6, 6.07) is 5.15. The van der Waals surface area contributed by atoms with E-state index >= 15 is 0 Å². The summed E-state index contributed by atoms with van der Waals surface area (Å²) in [6.07, 6.45) is 3.55. The van der Waals surface area contributed by atoms with Gasteiger partial charge in [0.1, 0.15) is 0 Å². The van der Waals surface area contributed by atoms with E-state index in [0.29, 0.717) is 12.1 Å². The summed E-state index contributed by atoms with van der Waals surface area (Å²) in [5.74, 6) is 0.867. The van der Waals surface area contributed by atoms with Gasteiger partial charge in [-0.25, -0.2) is 0 Å². The van der Waals surface area contributed by atoms with Crippen LogP contribution in [0.25, 0.3) is 0 Å². The van der Waals surface area contributed by atoms with Gasteiger partial charge in [-0.2, -0.15) is 0 Å². The number of aliphatic hydroxyl groups excluding tert-OH is 1. The molecule has 2 unspecified atom stereocenters. The van der Waals surface area contributed by atoms with Crippen LogP contribution in [0, 0.1) is 5.92 Å². The lowest BCUT2D eigenvalue weighted by molar-refractivity contribution is 0.258. The van der Waals surface area contributed by atoms with Crippen molar-refractivity contribution in [3.63, 3.8) is 0 Å². The van der Waals surface area contributed by atoms with E-state index in [1.165, 1.54) is 17.7 Å². The fourth-order valence-electron chi connectivity index (χ4n) is 1.98. The fourth-order valence-corrected chi connectivity index (χ4v) is 2.80. The van der Waals surface area contributed by atoms with Crippen molar-refractivity contribution in [1.29, 1.82) is 0 Å².